The molecule has 1 unspecified atom stereocenters. The molecule has 1 aliphatic rings. The number of hydrogen-bond acceptors (Lipinski definition) is 6. The first-order valence-electron chi connectivity index (χ1n) is 8.24. The minimum atomic E-state index is -0.234. The van der Waals surface area contributed by atoms with Crippen molar-refractivity contribution in [1.82, 2.24) is 20.0 Å². The lowest BCUT2D eigenvalue weighted by molar-refractivity contribution is -0.132. The third-order valence-electron chi connectivity index (χ3n) is 4.18. The number of carbonyl (C=O) groups excluding carboxylic acids is 1. The van der Waals surface area contributed by atoms with Crippen molar-refractivity contribution in [3.8, 4) is 11.5 Å². The normalized spacial score (nSPS) is 17.0. The van der Waals surface area contributed by atoms with Gasteiger partial charge < -0.3 is 14.2 Å². The second kappa shape index (κ2) is 7.81. The largest absolute Gasteiger partial charge is 0.411 e. The Morgan fingerprint density at radius 1 is 1.21 bits per heavy atom. The van der Waals surface area contributed by atoms with Crippen molar-refractivity contribution in [3.05, 3.63) is 30.3 Å². The van der Waals surface area contributed by atoms with Gasteiger partial charge in [0.2, 0.25) is 11.8 Å². The average molecular weight is 346 g/mol. The topological polar surface area (TPSA) is 62.5 Å². The Kier molecular flexibility index (Phi) is 5.52. The van der Waals surface area contributed by atoms with Crippen LogP contribution >= 0.6 is 11.8 Å². The van der Waals surface area contributed by atoms with Gasteiger partial charge in [-0.15, -0.1) is 10.2 Å². The van der Waals surface area contributed by atoms with Crippen molar-refractivity contribution < 1.29 is 9.21 Å². The first-order valence-corrected chi connectivity index (χ1v) is 9.12. The van der Waals surface area contributed by atoms with Crippen LogP contribution < -0.4 is 0 Å². The number of thioether (sulfide) groups is 1. The Balaban J connectivity index is 1.58. The number of aromatic nitrogens is 2. The highest BCUT2D eigenvalue weighted by Gasteiger charge is 2.26. The van der Waals surface area contributed by atoms with E-state index in [9.17, 15) is 4.79 Å². The smallest absolute Gasteiger partial charge is 0.277 e. The molecule has 0 aliphatic carbocycles. The number of carbonyl (C=O) groups is 1. The van der Waals surface area contributed by atoms with Crippen LogP contribution in [0.15, 0.2) is 40.0 Å². The van der Waals surface area contributed by atoms with Crippen LogP contribution in [-0.4, -0.2) is 63.9 Å². The summed E-state index contributed by atoms with van der Waals surface area (Å²) in [5.74, 6) is 0.615. The molecule has 2 heterocycles. The summed E-state index contributed by atoms with van der Waals surface area (Å²) in [6.07, 6.45) is 0. The lowest BCUT2D eigenvalue weighted by atomic mass is 10.2. The van der Waals surface area contributed by atoms with Crippen LogP contribution in [0, 0.1) is 0 Å². The second-order valence-electron chi connectivity index (χ2n) is 5.76. The fourth-order valence-electron chi connectivity index (χ4n) is 2.70. The molecule has 1 amide bonds. The fourth-order valence-corrected chi connectivity index (χ4v) is 3.47. The number of hydrogen-bond donors (Lipinski definition) is 0. The molecule has 1 fully saturated rings. The molecule has 1 saturated heterocycles. The maximum Gasteiger partial charge on any atom is 0.277 e. The van der Waals surface area contributed by atoms with Gasteiger partial charge in [0.05, 0.1) is 5.25 Å². The van der Waals surface area contributed by atoms with Gasteiger partial charge in [-0.25, -0.2) is 0 Å². The van der Waals surface area contributed by atoms with Crippen molar-refractivity contribution in [2.45, 2.75) is 24.3 Å². The Morgan fingerprint density at radius 2 is 1.92 bits per heavy atom. The number of likely N-dealkylation sites (N-methyl/N-ethyl adjacent to an activating group) is 1. The third kappa shape index (κ3) is 3.96. The summed E-state index contributed by atoms with van der Waals surface area (Å²) in [4.78, 5) is 16.9. The standard InChI is InChI=1S/C17H22N4O2S/c1-3-20-9-11-21(12-10-20)16(22)13(2)24-17-19-18-15(23-17)14-7-5-4-6-8-14/h4-8,13H,3,9-12H2,1-2H3. The van der Waals surface area contributed by atoms with E-state index in [-0.39, 0.29) is 11.2 Å². The minimum Gasteiger partial charge on any atom is -0.411 e. The van der Waals surface area contributed by atoms with E-state index in [4.69, 9.17) is 4.42 Å². The molecule has 0 saturated carbocycles. The van der Waals surface area contributed by atoms with Gasteiger partial charge in [0, 0.05) is 31.7 Å². The van der Waals surface area contributed by atoms with Gasteiger partial charge in [-0.05, 0) is 25.6 Å². The van der Waals surface area contributed by atoms with Crippen LogP contribution in [0.25, 0.3) is 11.5 Å². The van der Waals surface area contributed by atoms with Crippen LogP contribution in [0.2, 0.25) is 0 Å². The maximum atomic E-state index is 12.6. The van der Waals surface area contributed by atoms with E-state index >= 15 is 0 Å². The highest BCUT2D eigenvalue weighted by atomic mass is 32.2. The molecule has 1 aromatic heterocycles. The number of piperazine rings is 1. The Morgan fingerprint density at radius 3 is 2.58 bits per heavy atom. The van der Waals surface area contributed by atoms with Crippen LogP contribution in [0.1, 0.15) is 13.8 Å². The molecule has 1 aliphatic heterocycles. The molecule has 6 nitrogen and oxygen atoms in total. The van der Waals surface area contributed by atoms with Crippen LogP contribution in [0.5, 0.6) is 0 Å². The Labute approximate surface area is 146 Å². The number of rotatable bonds is 5. The van der Waals surface area contributed by atoms with Gasteiger partial charge >= 0.3 is 0 Å². The van der Waals surface area contributed by atoms with E-state index in [1.165, 1.54) is 11.8 Å². The number of amides is 1. The van der Waals surface area contributed by atoms with Gasteiger partial charge in [-0.2, -0.15) is 0 Å². The van der Waals surface area contributed by atoms with Crippen LogP contribution in [0.4, 0.5) is 0 Å². The predicted molar refractivity (Wildman–Crippen MR) is 93.7 cm³/mol. The molecule has 7 heteroatoms. The molecular formula is C17H22N4O2S. The zero-order chi connectivity index (χ0) is 16.9. The van der Waals surface area contributed by atoms with Gasteiger partial charge in [-0.1, -0.05) is 36.9 Å². The van der Waals surface area contributed by atoms with Gasteiger partial charge in [-0.3, -0.25) is 4.79 Å². The summed E-state index contributed by atoms with van der Waals surface area (Å²) < 4.78 is 5.67. The molecular weight excluding hydrogens is 324 g/mol. The molecule has 0 N–H and O–H groups in total. The van der Waals surface area contributed by atoms with Crippen molar-refractivity contribution in [2.24, 2.45) is 0 Å². The summed E-state index contributed by atoms with van der Waals surface area (Å²) in [5.41, 5.74) is 0.881. The lowest BCUT2D eigenvalue weighted by Crippen LogP contribution is -2.50. The predicted octanol–water partition coefficient (Wildman–Crippen LogP) is 2.38. The molecule has 3 rings (SSSR count). The van der Waals surface area contributed by atoms with Crippen LogP contribution in [0.3, 0.4) is 0 Å². The summed E-state index contributed by atoms with van der Waals surface area (Å²) in [6, 6.07) is 9.63. The Bertz CT molecular complexity index is 668. The van der Waals surface area contributed by atoms with Gasteiger partial charge in [0.1, 0.15) is 0 Å². The number of benzene rings is 1. The van der Waals surface area contributed by atoms with E-state index in [1.54, 1.807) is 0 Å². The SMILES string of the molecule is CCN1CCN(C(=O)C(C)Sc2nnc(-c3ccccc3)o2)CC1. The molecule has 0 radical (unpaired) electrons. The lowest BCUT2D eigenvalue weighted by Gasteiger charge is -2.35. The van der Waals surface area contributed by atoms with Gasteiger partial charge in [0.25, 0.3) is 5.22 Å². The van der Waals surface area contributed by atoms with Gasteiger partial charge in [0.15, 0.2) is 0 Å². The van der Waals surface area contributed by atoms with E-state index < -0.39 is 0 Å². The molecule has 24 heavy (non-hydrogen) atoms. The zero-order valence-corrected chi connectivity index (χ0v) is 14.8. The first-order chi connectivity index (χ1) is 11.7. The monoisotopic (exact) mass is 346 g/mol. The molecule has 0 bridgehead atoms. The molecule has 128 valence electrons. The highest BCUT2D eigenvalue weighted by molar-refractivity contribution is 8.00. The Hall–Kier alpha value is -1.86. The molecule has 0 spiro atoms. The first kappa shape index (κ1) is 17.0. The summed E-state index contributed by atoms with van der Waals surface area (Å²) in [7, 11) is 0. The second-order valence-corrected chi connectivity index (χ2v) is 7.05. The van der Waals surface area contributed by atoms with Crippen molar-refractivity contribution in [1.29, 1.82) is 0 Å². The van der Waals surface area contributed by atoms with E-state index in [0.29, 0.717) is 11.1 Å². The molecule has 1 aromatic carbocycles. The maximum absolute atomic E-state index is 12.6. The zero-order valence-electron chi connectivity index (χ0n) is 14.0. The highest BCUT2D eigenvalue weighted by Crippen LogP contribution is 2.27. The fraction of sp³-hybridized carbons (Fsp3) is 0.471. The summed E-state index contributed by atoms with van der Waals surface area (Å²) in [6.45, 7) is 8.54. The minimum absolute atomic E-state index is 0.134. The van der Waals surface area contributed by atoms with Crippen LogP contribution in [-0.2, 0) is 4.79 Å². The van der Waals surface area contributed by atoms with E-state index in [1.807, 2.05) is 42.2 Å². The third-order valence-corrected chi connectivity index (χ3v) is 5.11. The van der Waals surface area contributed by atoms with E-state index in [2.05, 4.69) is 22.0 Å². The van der Waals surface area contributed by atoms with Crippen molar-refractivity contribution in [2.75, 3.05) is 32.7 Å². The molecule has 2 aromatic rings. The number of nitrogens with zero attached hydrogens (tertiary/aromatic N) is 4. The van der Waals surface area contributed by atoms with Crippen molar-refractivity contribution >= 4 is 17.7 Å². The quantitative estimate of drug-likeness (QED) is 0.775. The summed E-state index contributed by atoms with van der Waals surface area (Å²) >= 11 is 1.32. The molecule has 1 atom stereocenters. The average Bonchev–Trinajstić information content (AvgIpc) is 3.10. The summed E-state index contributed by atoms with van der Waals surface area (Å²) in [5, 5.41) is 8.31. The van der Waals surface area contributed by atoms with Crippen molar-refractivity contribution in [3.63, 3.8) is 0 Å². The van der Waals surface area contributed by atoms with E-state index in [0.717, 1.165) is 38.3 Å².